The summed E-state index contributed by atoms with van der Waals surface area (Å²) in [6, 6.07) is 9.24. The van der Waals surface area contributed by atoms with Crippen LogP contribution < -0.4 is 10.1 Å². The zero-order valence-electron chi connectivity index (χ0n) is 13.4. The number of pyridine rings is 1. The maximum Gasteiger partial charge on any atom is 0.387 e. The first-order valence-electron chi connectivity index (χ1n) is 7.38. The molecule has 0 atom stereocenters. The molecule has 0 aliphatic rings. The summed E-state index contributed by atoms with van der Waals surface area (Å²) in [5, 5.41) is 3.43. The monoisotopic (exact) mass is 395 g/mol. The summed E-state index contributed by atoms with van der Waals surface area (Å²) < 4.78 is 28.7. The lowest BCUT2D eigenvalue weighted by Crippen LogP contribution is -2.11. The van der Waals surface area contributed by atoms with Gasteiger partial charge in [0.25, 0.3) is 5.91 Å². The molecule has 1 aromatic carbocycles. The topological polar surface area (TPSA) is 64.1 Å². The fourth-order valence-electron chi connectivity index (χ4n) is 2.19. The molecule has 9 heteroatoms. The van der Waals surface area contributed by atoms with E-state index >= 15 is 0 Å². The predicted molar refractivity (Wildman–Crippen MR) is 96.1 cm³/mol. The third-order valence-corrected chi connectivity index (χ3v) is 4.47. The molecule has 134 valence electrons. The minimum absolute atomic E-state index is 0.0698. The summed E-state index contributed by atoms with van der Waals surface area (Å²) in [6.07, 6.45) is 1.38. The van der Waals surface area contributed by atoms with E-state index in [2.05, 4.69) is 20.0 Å². The molecular formula is C17H12ClF2N3O2S. The minimum atomic E-state index is -2.87. The quantitative estimate of drug-likeness (QED) is 0.616. The minimum Gasteiger partial charge on any atom is -0.435 e. The number of aromatic nitrogens is 2. The summed E-state index contributed by atoms with van der Waals surface area (Å²) in [6.45, 7) is -1.01. The zero-order chi connectivity index (χ0) is 18.7. The molecule has 0 saturated heterocycles. The molecule has 0 bridgehead atoms. The first kappa shape index (κ1) is 18.2. The number of rotatable bonds is 5. The Balaban J connectivity index is 1.76. The van der Waals surface area contributed by atoms with Gasteiger partial charge in [-0.05, 0) is 43.3 Å². The number of hydrogen-bond donors (Lipinski definition) is 1. The third-order valence-electron chi connectivity index (χ3n) is 3.36. The van der Waals surface area contributed by atoms with Gasteiger partial charge in [0.2, 0.25) is 0 Å². The average molecular weight is 396 g/mol. The normalized spacial score (nSPS) is 10.8. The SMILES string of the molecule is Cc1sc(NC(=O)c2ccc(Cl)nc2)nc1-c1ccc(OC(F)F)cc1. The van der Waals surface area contributed by atoms with Crippen LogP contribution in [-0.2, 0) is 0 Å². The van der Waals surface area contributed by atoms with E-state index in [9.17, 15) is 13.6 Å². The third kappa shape index (κ3) is 4.33. The number of ether oxygens (including phenoxy) is 1. The number of nitrogens with one attached hydrogen (secondary N) is 1. The van der Waals surface area contributed by atoms with E-state index in [1.54, 1.807) is 18.2 Å². The number of hydrogen-bond acceptors (Lipinski definition) is 5. The van der Waals surface area contributed by atoms with Crippen molar-refractivity contribution in [2.75, 3.05) is 5.32 Å². The second kappa shape index (κ2) is 7.76. The molecule has 1 amide bonds. The van der Waals surface area contributed by atoms with Crippen molar-refractivity contribution in [3.8, 4) is 17.0 Å². The molecule has 0 spiro atoms. The van der Waals surface area contributed by atoms with Crippen molar-refractivity contribution in [3.05, 3.63) is 58.2 Å². The highest BCUT2D eigenvalue weighted by molar-refractivity contribution is 7.16. The van der Waals surface area contributed by atoms with E-state index in [0.29, 0.717) is 21.5 Å². The largest absolute Gasteiger partial charge is 0.435 e. The molecule has 26 heavy (non-hydrogen) atoms. The van der Waals surface area contributed by atoms with Crippen LogP contribution in [0, 0.1) is 6.92 Å². The molecule has 2 heterocycles. The van der Waals surface area contributed by atoms with E-state index in [0.717, 1.165) is 10.4 Å². The number of anilines is 1. The number of carbonyl (C=O) groups excluding carboxylic acids is 1. The number of benzene rings is 1. The van der Waals surface area contributed by atoms with Crippen molar-refractivity contribution >= 4 is 34.0 Å². The van der Waals surface area contributed by atoms with Crippen molar-refractivity contribution in [3.63, 3.8) is 0 Å². The summed E-state index contributed by atoms with van der Waals surface area (Å²) in [7, 11) is 0. The van der Waals surface area contributed by atoms with Gasteiger partial charge in [0, 0.05) is 16.6 Å². The van der Waals surface area contributed by atoms with Crippen molar-refractivity contribution in [2.24, 2.45) is 0 Å². The van der Waals surface area contributed by atoms with Gasteiger partial charge in [0.1, 0.15) is 10.9 Å². The van der Waals surface area contributed by atoms with E-state index in [-0.39, 0.29) is 11.7 Å². The highest BCUT2D eigenvalue weighted by Crippen LogP contribution is 2.31. The summed E-state index contributed by atoms with van der Waals surface area (Å²) in [5.41, 5.74) is 1.74. The Morgan fingerprint density at radius 2 is 1.96 bits per heavy atom. The van der Waals surface area contributed by atoms with Crippen molar-refractivity contribution in [1.29, 1.82) is 0 Å². The van der Waals surface area contributed by atoms with E-state index in [1.807, 2.05) is 6.92 Å². The Labute approximate surface area is 156 Å². The van der Waals surface area contributed by atoms with E-state index < -0.39 is 6.61 Å². The van der Waals surface area contributed by atoms with Crippen molar-refractivity contribution in [1.82, 2.24) is 9.97 Å². The van der Waals surface area contributed by atoms with Gasteiger partial charge >= 0.3 is 6.61 Å². The highest BCUT2D eigenvalue weighted by Gasteiger charge is 2.14. The summed E-state index contributed by atoms with van der Waals surface area (Å²) in [5.74, 6) is -0.282. The van der Waals surface area contributed by atoms with Gasteiger partial charge in [-0.2, -0.15) is 8.78 Å². The van der Waals surface area contributed by atoms with Gasteiger partial charge in [-0.25, -0.2) is 9.97 Å². The smallest absolute Gasteiger partial charge is 0.387 e. The molecule has 0 fully saturated rings. The van der Waals surface area contributed by atoms with Crippen LogP contribution in [0.15, 0.2) is 42.6 Å². The Morgan fingerprint density at radius 1 is 1.23 bits per heavy atom. The molecule has 0 saturated carbocycles. The molecule has 3 aromatic rings. The van der Waals surface area contributed by atoms with Gasteiger partial charge in [0.05, 0.1) is 11.3 Å². The van der Waals surface area contributed by atoms with Crippen molar-refractivity contribution in [2.45, 2.75) is 13.5 Å². The van der Waals surface area contributed by atoms with Gasteiger partial charge in [0.15, 0.2) is 5.13 Å². The zero-order valence-corrected chi connectivity index (χ0v) is 14.9. The van der Waals surface area contributed by atoms with Crippen LogP contribution in [-0.4, -0.2) is 22.5 Å². The molecule has 0 aliphatic heterocycles. The lowest BCUT2D eigenvalue weighted by molar-refractivity contribution is -0.0498. The fourth-order valence-corrected chi connectivity index (χ4v) is 3.13. The Hall–Kier alpha value is -2.58. The van der Waals surface area contributed by atoms with Crippen LogP contribution in [0.4, 0.5) is 13.9 Å². The van der Waals surface area contributed by atoms with Crippen LogP contribution in [0.2, 0.25) is 5.15 Å². The van der Waals surface area contributed by atoms with Gasteiger partial charge in [-0.15, -0.1) is 11.3 Å². The van der Waals surface area contributed by atoms with Crippen LogP contribution >= 0.6 is 22.9 Å². The Kier molecular flexibility index (Phi) is 5.43. The van der Waals surface area contributed by atoms with Crippen LogP contribution in [0.1, 0.15) is 15.2 Å². The van der Waals surface area contributed by atoms with E-state index in [1.165, 1.54) is 35.7 Å². The lowest BCUT2D eigenvalue weighted by Gasteiger charge is -2.05. The predicted octanol–water partition coefficient (Wildman–Crippen LogP) is 5.02. The highest BCUT2D eigenvalue weighted by atomic mass is 35.5. The molecule has 3 rings (SSSR count). The maximum atomic E-state index is 12.2. The number of aryl methyl sites for hydroxylation is 1. The molecule has 2 aromatic heterocycles. The average Bonchev–Trinajstić information content (AvgIpc) is 2.96. The second-order valence-electron chi connectivity index (χ2n) is 5.15. The van der Waals surface area contributed by atoms with Crippen molar-refractivity contribution < 1.29 is 18.3 Å². The van der Waals surface area contributed by atoms with Crippen LogP contribution in [0.25, 0.3) is 11.3 Å². The molecule has 5 nitrogen and oxygen atoms in total. The summed E-state index contributed by atoms with van der Waals surface area (Å²) >= 11 is 7.01. The first-order chi connectivity index (χ1) is 12.4. The van der Waals surface area contributed by atoms with Crippen LogP contribution in [0.3, 0.4) is 0 Å². The maximum absolute atomic E-state index is 12.2. The standard InChI is InChI=1S/C17H12ClF2N3O2S/c1-9-14(10-2-5-12(6-3-10)25-16(19)20)22-17(26-9)23-15(24)11-4-7-13(18)21-8-11/h2-8,16H,1H3,(H,22,23,24). The number of carbonyl (C=O) groups is 1. The van der Waals surface area contributed by atoms with E-state index in [4.69, 9.17) is 11.6 Å². The number of halogens is 3. The van der Waals surface area contributed by atoms with Crippen LogP contribution in [0.5, 0.6) is 5.75 Å². The second-order valence-corrected chi connectivity index (χ2v) is 6.74. The fraction of sp³-hybridized carbons (Fsp3) is 0.118. The lowest BCUT2D eigenvalue weighted by atomic mass is 10.1. The Morgan fingerprint density at radius 3 is 2.58 bits per heavy atom. The molecule has 0 aliphatic carbocycles. The van der Waals surface area contributed by atoms with Gasteiger partial charge < -0.3 is 4.74 Å². The molecule has 0 unspecified atom stereocenters. The molecule has 0 radical (unpaired) electrons. The first-order valence-corrected chi connectivity index (χ1v) is 8.57. The van der Waals surface area contributed by atoms with Gasteiger partial charge in [-0.3, -0.25) is 10.1 Å². The number of alkyl halides is 2. The summed E-state index contributed by atoms with van der Waals surface area (Å²) in [4.78, 5) is 21.4. The number of amides is 1. The van der Waals surface area contributed by atoms with Gasteiger partial charge in [-0.1, -0.05) is 11.6 Å². The number of thiazole rings is 1. The Bertz CT molecular complexity index is 915. The molecule has 1 N–H and O–H groups in total. The number of nitrogens with zero attached hydrogens (tertiary/aromatic N) is 2. The molecular weight excluding hydrogens is 384 g/mol.